The van der Waals surface area contributed by atoms with Crippen LogP contribution in [0.3, 0.4) is 0 Å². The minimum Gasteiger partial charge on any atom is -0.272 e. The highest BCUT2D eigenvalue weighted by Gasteiger charge is 2.19. The third kappa shape index (κ3) is 6.29. The van der Waals surface area contributed by atoms with Gasteiger partial charge >= 0.3 is 0 Å². The number of nitrogens with one attached hydrogen (secondary N) is 1. The van der Waals surface area contributed by atoms with E-state index in [1.807, 2.05) is 47.0 Å². The SMILES string of the molecule is CCc1ccc(/C=N\NC(=O)CSc2nnc(-c3ccc(C(C)(C)C)cc3)n2-c2ccccc2)cc1. The molecule has 0 saturated carbocycles. The van der Waals surface area contributed by atoms with E-state index >= 15 is 0 Å². The maximum Gasteiger partial charge on any atom is 0.250 e. The van der Waals surface area contributed by atoms with Crippen LogP contribution in [0.4, 0.5) is 0 Å². The zero-order chi connectivity index (χ0) is 25.5. The first kappa shape index (κ1) is 25.4. The first-order valence-electron chi connectivity index (χ1n) is 12.0. The van der Waals surface area contributed by atoms with E-state index in [9.17, 15) is 4.79 Å². The molecular weight excluding hydrogens is 466 g/mol. The quantitative estimate of drug-likeness (QED) is 0.183. The number of thioether (sulfide) groups is 1. The second kappa shape index (κ2) is 11.4. The van der Waals surface area contributed by atoms with Crippen LogP contribution in [0.25, 0.3) is 17.1 Å². The van der Waals surface area contributed by atoms with Crippen molar-refractivity contribution in [2.45, 2.75) is 44.7 Å². The average Bonchev–Trinajstić information content (AvgIpc) is 3.32. The van der Waals surface area contributed by atoms with Gasteiger partial charge in [-0.3, -0.25) is 9.36 Å². The normalized spacial score (nSPS) is 11.7. The predicted molar refractivity (Wildman–Crippen MR) is 148 cm³/mol. The number of aromatic nitrogens is 3. The van der Waals surface area contributed by atoms with Crippen molar-refractivity contribution in [1.29, 1.82) is 0 Å². The fourth-order valence-corrected chi connectivity index (χ4v) is 4.40. The van der Waals surface area contributed by atoms with Gasteiger partial charge in [-0.15, -0.1) is 10.2 Å². The van der Waals surface area contributed by atoms with Gasteiger partial charge in [0.2, 0.25) is 0 Å². The molecule has 184 valence electrons. The number of hydrogen-bond acceptors (Lipinski definition) is 5. The van der Waals surface area contributed by atoms with Crippen molar-refractivity contribution in [2.75, 3.05) is 5.75 Å². The van der Waals surface area contributed by atoms with E-state index in [0.717, 1.165) is 29.1 Å². The summed E-state index contributed by atoms with van der Waals surface area (Å²) in [6, 6.07) is 26.5. The van der Waals surface area contributed by atoms with Crippen LogP contribution in [-0.2, 0) is 16.6 Å². The molecule has 1 heterocycles. The van der Waals surface area contributed by atoms with E-state index < -0.39 is 0 Å². The Labute approximate surface area is 216 Å². The van der Waals surface area contributed by atoms with Crippen LogP contribution in [0.5, 0.6) is 0 Å². The lowest BCUT2D eigenvalue weighted by atomic mass is 9.87. The molecule has 4 aromatic rings. The third-order valence-corrected chi connectivity index (χ3v) is 6.71. The summed E-state index contributed by atoms with van der Waals surface area (Å²) < 4.78 is 1.99. The van der Waals surface area contributed by atoms with Crippen LogP contribution in [0, 0.1) is 0 Å². The molecule has 0 atom stereocenters. The van der Waals surface area contributed by atoms with Crippen molar-refractivity contribution in [3.8, 4) is 17.1 Å². The second-order valence-electron chi connectivity index (χ2n) is 9.48. The number of nitrogens with zero attached hydrogens (tertiary/aromatic N) is 4. The standard InChI is InChI=1S/C29H31N5OS/c1-5-21-11-13-22(14-12-21)19-30-31-26(35)20-36-28-33-32-27(34(28)25-9-7-6-8-10-25)23-15-17-24(18-16-23)29(2,3)4/h6-19H,5,20H2,1-4H3,(H,31,35)/b30-19-. The minimum atomic E-state index is -0.208. The van der Waals surface area contributed by atoms with Crippen LogP contribution in [-0.4, -0.2) is 32.6 Å². The molecule has 0 spiro atoms. The second-order valence-corrected chi connectivity index (χ2v) is 10.4. The van der Waals surface area contributed by atoms with Gasteiger partial charge in [0.25, 0.3) is 5.91 Å². The summed E-state index contributed by atoms with van der Waals surface area (Å²) in [6.45, 7) is 8.70. The molecule has 0 aliphatic heterocycles. The summed E-state index contributed by atoms with van der Waals surface area (Å²) in [5.74, 6) is 0.693. The number of hydrogen-bond donors (Lipinski definition) is 1. The van der Waals surface area contributed by atoms with Gasteiger partial charge in [-0.05, 0) is 40.7 Å². The maximum absolute atomic E-state index is 12.5. The number of hydrazone groups is 1. The molecule has 0 saturated heterocycles. The molecule has 0 aliphatic rings. The summed E-state index contributed by atoms with van der Waals surface area (Å²) in [5.41, 5.74) is 8.03. The summed E-state index contributed by atoms with van der Waals surface area (Å²) in [4.78, 5) is 12.5. The van der Waals surface area contributed by atoms with E-state index in [-0.39, 0.29) is 17.1 Å². The summed E-state index contributed by atoms with van der Waals surface area (Å²) >= 11 is 1.33. The van der Waals surface area contributed by atoms with Crippen molar-refractivity contribution >= 4 is 23.9 Å². The van der Waals surface area contributed by atoms with E-state index in [1.165, 1.54) is 22.9 Å². The molecule has 0 radical (unpaired) electrons. The topological polar surface area (TPSA) is 72.2 Å². The minimum absolute atomic E-state index is 0.0709. The van der Waals surface area contributed by atoms with Gasteiger partial charge in [0.05, 0.1) is 12.0 Å². The van der Waals surface area contributed by atoms with E-state index in [0.29, 0.717) is 5.16 Å². The molecule has 7 heteroatoms. The summed E-state index contributed by atoms with van der Waals surface area (Å²) in [5, 5.41) is 13.6. The van der Waals surface area contributed by atoms with Gasteiger partial charge < -0.3 is 0 Å². The van der Waals surface area contributed by atoms with Crippen molar-refractivity contribution < 1.29 is 4.79 Å². The number of carbonyl (C=O) groups is 1. The monoisotopic (exact) mass is 497 g/mol. The number of carbonyl (C=O) groups excluding carboxylic acids is 1. The summed E-state index contributed by atoms with van der Waals surface area (Å²) in [6.07, 6.45) is 2.64. The smallest absolute Gasteiger partial charge is 0.250 e. The van der Waals surface area contributed by atoms with E-state index in [2.05, 4.69) is 84.8 Å². The van der Waals surface area contributed by atoms with Gasteiger partial charge in [-0.2, -0.15) is 5.10 Å². The lowest BCUT2D eigenvalue weighted by Gasteiger charge is -2.19. The fourth-order valence-electron chi connectivity index (χ4n) is 3.66. The Bertz CT molecular complexity index is 1320. The molecule has 0 bridgehead atoms. The van der Waals surface area contributed by atoms with Crippen LogP contribution < -0.4 is 5.43 Å². The number of benzene rings is 3. The molecule has 1 N–H and O–H groups in total. The highest BCUT2D eigenvalue weighted by Crippen LogP contribution is 2.30. The Morgan fingerprint density at radius 2 is 1.67 bits per heavy atom. The Morgan fingerprint density at radius 3 is 2.31 bits per heavy atom. The van der Waals surface area contributed by atoms with Gasteiger partial charge in [-0.1, -0.05) is 106 Å². The predicted octanol–water partition coefficient (Wildman–Crippen LogP) is 6.04. The number of amides is 1. The molecule has 4 rings (SSSR count). The van der Waals surface area contributed by atoms with Crippen LogP contribution in [0.2, 0.25) is 0 Å². The van der Waals surface area contributed by atoms with Gasteiger partial charge in [0, 0.05) is 11.3 Å². The Hall–Kier alpha value is -3.71. The Balaban J connectivity index is 1.49. The van der Waals surface area contributed by atoms with Crippen molar-refractivity contribution in [3.63, 3.8) is 0 Å². The van der Waals surface area contributed by atoms with Crippen molar-refractivity contribution in [3.05, 3.63) is 95.6 Å². The lowest BCUT2D eigenvalue weighted by Crippen LogP contribution is -2.20. The third-order valence-electron chi connectivity index (χ3n) is 5.78. The van der Waals surface area contributed by atoms with Gasteiger partial charge in [0.1, 0.15) is 0 Å². The number of para-hydroxylation sites is 1. The van der Waals surface area contributed by atoms with Gasteiger partial charge in [0.15, 0.2) is 11.0 Å². The molecule has 6 nitrogen and oxygen atoms in total. The maximum atomic E-state index is 12.5. The summed E-state index contributed by atoms with van der Waals surface area (Å²) in [7, 11) is 0. The van der Waals surface area contributed by atoms with Crippen LogP contribution in [0.1, 0.15) is 44.4 Å². The van der Waals surface area contributed by atoms with Crippen molar-refractivity contribution in [1.82, 2.24) is 20.2 Å². The van der Waals surface area contributed by atoms with Crippen LogP contribution in [0.15, 0.2) is 89.1 Å². The molecule has 0 aliphatic carbocycles. The molecule has 1 amide bonds. The fraction of sp³-hybridized carbons (Fsp3) is 0.241. The highest BCUT2D eigenvalue weighted by atomic mass is 32.2. The molecule has 0 fully saturated rings. The zero-order valence-corrected chi connectivity index (χ0v) is 21.9. The average molecular weight is 498 g/mol. The Morgan fingerprint density at radius 1 is 0.972 bits per heavy atom. The zero-order valence-electron chi connectivity index (χ0n) is 21.1. The molecule has 1 aromatic heterocycles. The largest absolute Gasteiger partial charge is 0.272 e. The molecule has 3 aromatic carbocycles. The van der Waals surface area contributed by atoms with Crippen molar-refractivity contribution in [2.24, 2.45) is 5.10 Å². The molecular formula is C29H31N5OS. The molecule has 0 unspecified atom stereocenters. The number of aryl methyl sites for hydroxylation is 1. The first-order chi connectivity index (χ1) is 17.3. The molecule has 36 heavy (non-hydrogen) atoms. The highest BCUT2D eigenvalue weighted by molar-refractivity contribution is 7.99. The van der Waals surface area contributed by atoms with E-state index in [1.54, 1.807) is 6.21 Å². The number of rotatable bonds is 8. The lowest BCUT2D eigenvalue weighted by molar-refractivity contribution is -0.118. The van der Waals surface area contributed by atoms with E-state index in [4.69, 9.17) is 0 Å². The van der Waals surface area contributed by atoms with Crippen LogP contribution >= 0.6 is 11.8 Å². The first-order valence-corrected chi connectivity index (χ1v) is 13.0. The van der Waals surface area contributed by atoms with Gasteiger partial charge in [-0.25, -0.2) is 5.43 Å². The Kier molecular flexibility index (Phi) is 8.00.